The lowest BCUT2D eigenvalue weighted by molar-refractivity contribution is -0.155. The van der Waals surface area contributed by atoms with Gasteiger partial charge in [-0.1, -0.05) is 36.4 Å². The van der Waals surface area contributed by atoms with E-state index < -0.39 is 11.6 Å². The van der Waals surface area contributed by atoms with Crippen LogP contribution < -0.4 is 5.48 Å². The molecular formula is C27H33N5O3S. The van der Waals surface area contributed by atoms with Crippen LogP contribution in [-0.4, -0.2) is 43.8 Å². The maximum absolute atomic E-state index is 12.8. The molecule has 0 spiro atoms. The van der Waals surface area contributed by atoms with Gasteiger partial charge < -0.3 is 9.94 Å². The van der Waals surface area contributed by atoms with Crippen LogP contribution in [0, 0.1) is 20.8 Å². The Morgan fingerprint density at radius 3 is 2.56 bits per heavy atom. The molecular weight excluding hydrogens is 474 g/mol. The van der Waals surface area contributed by atoms with Crippen molar-refractivity contribution in [3.8, 4) is 5.00 Å². The Kier molecular flexibility index (Phi) is 7.54. The van der Waals surface area contributed by atoms with E-state index in [0.29, 0.717) is 12.4 Å². The van der Waals surface area contributed by atoms with Crippen molar-refractivity contribution in [2.45, 2.75) is 66.0 Å². The summed E-state index contributed by atoms with van der Waals surface area (Å²) in [5.41, 5.74) is 6.73. The van der Waals surface area contributed by atoms with Crippen molar-refractivity contribution in [2.75, 3.05) is 6.54 Å². The van der Waals surface area contributed by atoms with E-state index >= 15 is 0 Å². The van der Waals surface area contributed by atoms with E-state index in [0.717, 1.165) is 45.2 Å². The van der Waals surface area contributed by atoms with Gasteiger partial charge in [0.1, 0.15) is 22.5 Å². The summed E-state index contributed by atoms with van der Waals surface area (Å²) in [6.07, 6.45) is 4.73. The number of esters is 1. The van der Waals surface area contributed by atoms with Crippen molar-refractivity contribution in [1.82, 2.24) is 20.2 Å². The third-order valence-corrected chi connectivity index (χ3v) is 7.17. The highest BCUT2D eigenvalue weighted by Gasteiger charge is 2.33. The number of benzene rings is 1. The van der Waals surface area contributed by atoms with E-state index in [1.807, 2.05) is 44.4 Å². The largest absolute Gasteiger partial charge is 0.460 e. The molecule has 4 rings (SSSR count). The lowest BCUT2D eigenvalue weighted by Crippen LogP contribution is -2.25. The number of allylic oxidation sites excluding steroid dienone is 1. The van der Waals surface area contributed by atoms with Crippen LogP contribution in [0.5, 0.6) is 0 Å². The maximum atomic E-state index is 12.8. The number of nitrogens with one attached hydrogen (secondary N) is 1. The van der Waals surface area contributed by atoms with Crippen LogP contribution in [0.4, 0.5) is 0 Å². The number of aromatic nitrogens is 3. The number of aryl methyl sites for hydroxylation is 2. The first-order valence-electron chi connectivity index (χ1n) is 12.0. The zero-order valence-corrected chi connectivity index (χ0v) is 22.4. The molecule has 0 bridgehead atoms. The van der Waals surface area contributed by atoms with Crippen LogP contribution >= 0.6 is 11.3 Å². The molecule has 2 N–H and O–H groups in total. The van der Waals surface area contributed by atoms with Gasteiger partial charge in [0.05, 0.1) is 12.1 Å². The fourth-order valence-electron chi connectivity index (χ4n) is 4.22. The molecule has 3 heterocycles. The summed E-state index contributed by atoms with van der Waals surface area (Å²) in [5.74, 6) is 1.09. The fraction of sp³-hybridized carbons (Fsp3) is 0.407. The van der Waals surface area contributed by atoms with E-state index in [1.54, 1.807) is 11.3 Å². The molecule has 1 aliphatic rings. The Morgan fingerprint density at radius 1 is 1.17 bits per heavy atom. The maximum Gasteiger partial charge on any atom is 0.308 e. The molecule has 0 unspecified atom stereocenters. The number of hydroxylamine groups is 1. The highest BCUT2D eigenvalue weighted by Crippen LogP contribution is 2.39. The van der Waals surface area contributed by atoms with Crippen molar-refractivity contribution < 1.29 is 14.7 Å². The lowest BCUT2D eigenvalue weighted by Gasteiger charge is -2.21. The average Bonchev–Trinajstić information content (AvgIpc) is 3.28. The van der Waals surface area contributed by atoms with E-state index in [1.165, 1.54) is 4.88 Å². The first kappa shape index (κ1) is 25.9. The summed E-state index contributed by atoms with van der Waals surface area (Å²) in [7, 11) is 0. The standard InChI is InChI=1S/C27H33N5O3S/c1-16-17(2)36-26-23(16)24(20-12-10-19(11-13-20)9-7-8-14-28-34)29-21(15-22(33)35-27(4,5)6)25-31-30-18(3)32(25)26/h7-8,10-13,21,28,34H,9,14-15H2,1-6H3/b8-7+/t21-/m1/s1. The minimum atomic E-state index is -0.582. The van der Waals surface area contributed by atoms with Gasteiger partial charge in [-0.3, -0.25) is 14.4 Å². The Hall–Kier alpha value is -3.14. The smallest absolute Gasteiger partial charge is 0.308 e. The van der Waals surface area contributed by atoms with Gasteiger partial charge in [0.25, 0.3) is 0 Å². The van der Waals surface area contributed by atoms with Gasteiger partial charge in [-0.25, -0.2) is 5.48 Å². The quantitative estimate of drug-likeness (QED) is 0.266. The van der Waals surface area contributed by atoms with E-state index in [-0.39, 0.29) is 12.4 Å². The van der Waals surface area contributed by atoms with Crippen LogP contribution in [0.15, 0.2) is 41.4 Å². The zero-order valence-electron chi connectivity index (χ0n) is 21.6. The number of fused-ring (bicyclic) bond motifs is 3. The van der Waals surface area contributed by atoms with Gasteiger partial charge in [0, 0.05) is 22.5 Å². The third-order valence-electron chi connectivity index (χ3n) is 5.98. The summed E-state index contributed by atoms with van der Waals surface area (Å²) < 4.78 is 7.67. The van der Waals surface area contributed by atoms with Gasteiger partial charge in [0.15, 0.2) is 5.82 Å². The monoisotopic (exact) mass is 507 g/mol. The number of carbonyl (C=O) groups is 1. The molecule has 1 aromatic carbocycles. The van der Waals surface area contributed by atoms with Crippen LogP contribution in [0.2, 0.25) is 0 Å². The summed E-state index contributed by atoms with van der Waals surface area (Å²) in [6.45, 7) is 12.1. The highest BCUT2D eigenvalue weighted by molar-refractivity contribution is 7.15. The Labute approximate surface area is 215 Å². The first-order valence-corrected chi connectivity index (χ1v) is 12.8. The second-order valence-electron chi connectivity index (χ2n) is 9.92. The number of ether oxygens (including phenoxy) is 1. The molecule has 0 fully saturated rings. The Bertz CT molecular complexity index is 1310. The summed E-state index contributed by atoms with van der Waals surface area (Å²) >= 11 is 1.69. The highest BCUT2D eigenvalue weighted by atomic mass is 32.1. The Balaban J connectivity index is 1.79. The zero-order chi connectivity index (χ0) is 26.0. The van der Waals surface area contributed by atoms with Gasteiger partial charge in [0.2, 0.25) is 0 Å². The lowest BCUT2D eigenvalue weighted by atomic mass is 9.98. The minimum absolute atomic E-state index is 0.0770. The number of hydrogen-bond donors (Lipinski definition) is 2. The summed E-state index contributed by atoms with van der Waals surface area (Å²) in [4.78, 5) is 19.2. The Morgan fingerprint density at radius 2 is 1.89 bits per heavy atom. The van der Waals surface area contributed by atoms with Crippen LogP contribution in [0.3, 0.4) is 0 Å². The van der Waals surface area contributed by atoms with E-state index in [4.69, 9.17) is 14.9 Å². The van der Waals surface area contributed by atoms with Crippen LogP contribution in [0.1, 0.15) is 72.0 Å². The number of rotatable bonds is 7. The molecule has 0 saturated heterocycles. The number of aliphatic imine (C=N–C) groups is 1. The van der Waals surface area contributed by atoms with E-state index in [9.17, 15) is 4.79 Å². The average molecular weight is 508 g/mol. The molecule has 36 heavy (non-hydrogen) atoms. The minimum Gasteiger partial charge on any atom is -0.460 e. The second-order valence-corrected chi connectivity index (χ2v) is 11.1. The molecule has 0 aliphatic carbocycles. The van der Waals surface area contributed by atoms with Gasteiger partial charge >= 0.3 is 5.97 Å². The SMILES string of the molecule is Cc1sc2c(c1C)C(c1ccc(C/C=C/CNO)cc1)=N[C@H](CC(=O)OC(C)(C)C)c1nnc(C)n1-2. The predicted molar refractivity (Wildman–Crippen MR) is 141 cm³/mol. The molecule has 9 heteroatoms. The molecule has 2 aromatic heterocycles. The molecule has 1 aliphatic heterocycles. The summed E-state index contributed by atoms with van der Waals surface area (Å²) in [5, 5.41) is 18.5. The van der Waals surface area contributed by atoms with Crippen molar-refractivity contribution >= 4 is 23.0 Å². The van der Waals surface area contributed by atoms with Gasteiger partial charge in [-0.15, -0.1) is 21.5 Å². The van der Waals surface area contributed by atoms with Crippen molar-refractivity contribution in [2.24, 2.45) is 4.99 Å². The molecule has 190 valence electrons. The topological polar surface area (TPSA) is 102 Å². The van der Waals surface area contributed by atoms with Crippen LogP contribution in [0.25, 0.3) is 5.00 Å². The summed E-state index contributed by atoms with van der Waals surface area (Å²) in [6, 6.07) is 7.80. The number of thiophene rings is 1. The molecule has 0 amide bonds. The first-order chi connectivity index (χ1) is 17.1. The second kappa shape index (κ2) is 10.5. The number of hydrogen-bond acceptors (Lipinski definition) is 8. The molecule has 0 radical (unpaired) electrons. The predicted octanol–water partition coefficient (Wildman–Crippen LogP) is 4.96. The third kappa shape index (κ3) is 5.48. The van der Waals surface area contributed by atoms with Gasteiger partial charge in [-0.05, 0) is 59.1 Å². The number of nitrogens with zero attached hydrogens (tertiary/aromatic N) is 4. The molecule has 0 saturated carbocycles. The molecule has 8 nitrogen and oxygen atoms in total. The molecule has 3 aromatic rings. The number of carbonyl (C=O) groups excluding carboxylic acids is 1. The molecule has 1 atom stereocenters. The van der Waals surface area contributed by atoms with E-state index in [2.05, 4.69) is 53.8 Å². The van der Waals surface area contributed by atoms with Crippen molar-refractivity contribution in [3.05, 3.63) is 75.2 Å². The normalized spacial score (nSPS) is 15.4. The van der Waals surface area contributed by atoms with Crippen LogP contribution in [-0.2, 0) is 16.0 Å². The van der Waals surface area contributed by atoms with Crippen molar-refractivity contribution in [1.29, 1.82) is 0 Å². The van der Waals surface area contributed by atoms with Crippen molar-refractivity contribution in [3.63, 3.8) is 0 Å². The fourth-order valence-corrected chi connectivity index (χ4v) is 5.43. The van der Waals surface area contributed by atoms with Gasteiger partial charge in [-0.2, -0.15) is 0 Å².